The van der Waals surface area contributed by atoms with Crippen molar-refractivity contribution in [3.63, 3.8) is 0 Å². The van der Waals surface area contributed by atoms with E-state index in [-0.39, 0.29) is 36.7 Å². The van der Waals surface area contributed by atoms with E-state index in [1.54, 1.807) is 42.6 Å². The number of ether oxygens (including phenoxy) is 2. The fourth-order valence-corrected chi connectivity index (χ4v) is 5.12. The molecular formula is C34H30F4N4O5. The third kappa shape index (κ3) is 7.87. The van der Waals surface area contributed by atoms with Gasteiger partial charge in [-0.2, -0.15) is 13.2 Å². The van der Waals surface area contributed by atoms with E-state index in [9.17, 15) is 27.2 Å². The third-order valence-corrected chi connectivity index (χ3v) is 7.39. The number of rotatable bonds is 10. The van der Waals surface area contributed by atoms with E-state index in [0.29, 0.717) is 22.6 Å². The van der Waals surface area contributed by atoms with E-state index in [2.05, 4.69) is 10.3 Å². The third-order valence-electron chi connectivity index (χ3n) is 7.39. The summed E-state index contributed by atoms with van der Waals surface area (Å²) in [6, 6.07) is 13.6. The van der Waals surface area contributed by atoms with Crippen LogP contribution in [0.25, 0.3) is 22.3 Å². The number of nitrogens with one attached hydrogen (secondary N) is 1. The maximum atomic E-state index is 13.5. The van der Waals surface area contributed by atoms with E-state index >= 15 is 0 Å². The van der Waals surface area contributed by atoms with Crippen molar-refractivity contribution in [1.29, 1.82) is 0 Å². The number of halogens is 4. The lowest BCUT2D eigenvalue weighted by Crippen LogP contribution is -2.29. The molecule has 5 rings (SSSR count). The van der Waals surface area contributed by atoms with Crippen molar-refractivity contribution in [1.82, 2.24) is 9.55 Å². The summed E-state index contributed by atoms with van der Waals surface area (Å²) in [5.41, 5.74) is 7.92. The molecule has 9 nitrogen and oxygen atoms in total. The van der Waals surface area contributed by atoms with E-state index in [4.69, 9.17) is 20.3 Å². The van der Waals surface area contributed by atoms with Crippen LogP contribution < -0.4 is 26.0 Å². The van der Waals surface area contributed by atoms with Crippen molar-refractivity contribution in [2.45, 2.75) is 25.1 Å². The first-order chi connectivity index (χ1) is 22.5. The molecule has 0 saturated carbocycles. The Morgan fingerprint density at radius 3 is 2.49 bits per heavy atom. The maximum absolute atomic E-state index is 13.5. The lowest BCUT2D eigenvalue weighted by Gasteiger charge is -2.18. The van der Waals surface area contributed by atoms with Crippen LogP contribution in [0.4, 0.5) is 29.1 Å². The summed E-state index contributed by atoms with van der Waals surface area (Å²) in [4.78, 5) is 30.8. The highest BCUT2D eigenvalue weighted by molar-refractivity contribution is 6.04. The van der Waals surface area contributed by atoms with Crippen molar-refractivity contribution in [2.24, 2.45) is 0 Å². The molecule has 244 valence electrons. The summed E-state index contributed by atoms with van der Waals surface area (Å²) in [6.07, 6.45) is 2.73. The van der Waals surface area contributed by atoms with Gasteiger partial charge in [0.1, 0.15) is 30.4 Å². The number of aliphatic hydroxyl groups excluding tert-OH is 1. The summed E-state index contributed by atoms with van der Waals surface area (Å²) in [7, 11) is 1.50. The lowest BCUT2D eigenvalue weighted by atomic mass is 9.92. The van der Waals surface area contributed by atoms with Gasteiger partial charge in [0.15, 0.2) is 16.9 Å². The van der Waals surface area contributed by atoms with Gasteiger partial charge < -0.3 is 30.2 Å². The number of carbonyl (C=O) groups is 1. The molecule has 1 aliphatic rings. The Morgan fingerprint density at radius 1 is 1.09 bits per heavy atom. The zero-order valence-electron chi connectivity index (χ0n) is 25.1. The normalized spacial score (nSPS) is 14.4. The Kier molecular flexibility index (Phi) is 9.75. The molecule has 13 heteroatoms. The van der Waals surface area contributed by atoms with Gasteiger partial charge in [-0.15, -0.1) is 0 Å². The minimum atomic E-state index is -4.61. The Hall–Kier alpha value is -5.43. The van der Waals surface area contributed by atoms with Gasteiger partial charge >= 0.3 is 6.18 Å². The van der Waals surface area contributed by atoms with Gasteiger partial charge in [-0.3, -0.25) is 9.59 Å². The van der Waals surface area contributed by atoms with Crippen LogP contribution in [0.1, 0.15) is 28.3 Å². The molecule has 0 aliphatic heterocycles. The summed E-state index contributed by atoms with van der Waals surface area (Å²) in [5.74, 6) is -0.929. The van der Waals surface area contributed by atoms with Crippen LogP contribution in [-0.4, -0.2) is 47.1 Å². The molecule has 1 amide bonds. The number of allylic oxidation sites excluding steroid dienone is 4. The van der Waals surface area contributed by atoms with Crippen LogP contribution in [0, 0.1) is 0 Å². The standard InChI is InChI=1S/C34H30F4N4O5/c1-46-30-15-22(6-11-29(30)47-13-12-43)23-14-26(32(39)40-16-23)20-4-9-25(10-5-20)41-33(45)28-18-42(19-34(36,37)38)17-27(31(28)44)21-2-7-24(35)8-3-21/h2,4-11,14-18,21,43H,3,12-13,19H2,1H3,(H2,39,40)(H,41,45). The fourth-order valence-electron chi connectivity index (χ4n) is 5.12. The van der Waals surface area contributed by atoms with E-state index < -0.39 is 41.4 Å². The molecule has 1 unspecified atom stereocenters. The van der Waals surface area contributed by atoms with Crippen LogP contribution in [0.5, 0.6) is 11.5 Å². The smallest absolute Gasteiger partial charge is 0.406 e. The second kappa shape index (κ2) is 13.9. The Morgan fingerprint density at radius 2 is 1.83 bits per heavy atom. The highest BCUT2D eigenvalue weighted by atomic mass is 19.4. The first-order valence-corrected chi connectivity index (χ1v) is 14.4. The maximum Gasteiger partial charge on any atom is 0.406 e. The second-order valence-corrected chi connectivity index (χ2v) is 10.7. The number of nitrogens with two attached hydrogens (primary N) is 1. The SMILES string of the molecule is COc1cc(-c2cnc(N)c(-c3ccc(NC(=O)c4cn(CC(F)(F)F)cc(C5C=CC(F)=CC5)c4=O)cc3)c2)ccc1OCCO. The van der Waals surface area contributed by atoms with Crippen molar-refractivity contribution in [3.8, 4) is 33.8 Å². The fraction of sp³-hybridized carbons (Fsp3) is 0.206. The number of aromatic nitrogens is 2. The molecule has 4 N–H and O–H groups in total. The zero-order valence-corrected chi connectivity index (χ0v) is 25.1. The van der Waals surface area contributed by atoms with Gasteiger partial charge in [0.05, 0.1) is 13.7 Å². The number of hydrogen-bond acceptors (Lipinski definition) is 7. The van der Waals surface area contributed by atoms with Gasteiger partial charge in [0.2, 0.25) is 0 Å². The Bertz CT molecular complexity index is 1900. The molecule has 1 atom stereocenters. The largest absolute Gasteiger partial charge is 0.493 e. The van der Waals surface area contributed by atoms with Gasteiger partial charge in [-0.05, 0) is 60.0 Å². The van der Waals surface area contributed by atoms with E-state index in [0.717, 1.165) is 34.2 Å². The molecule has 2 aromatic carbocycles. The van der Waals surface area contributed by atoms with Crippen molar-refractivity contribution >= 4 is 17.4 Å². The minimum Gasteiger partial charge on any atom is -0.493 e. The number of aliphatic hydroxyl groups is 1. The first kappa shape index (κ1) is 32.9. The number of nitrogens with zero attached hydrogens (tertiary/aromatic N) is 2. The van der Waals surface area contributed by atoms with Gasteiger partial charge in [0, 0.05) is 46.9 Å². The number of pyridine rings is 2. The molecule has 0 bridgehead atoms. The molecular weight excluding hydrogens is 620 g/mol. The van der Waals surface area contributed by atoms with Gasteiger partial charge in [-0.25, -0.2) is 9.37 Å². The number of methoxy groups -OCH3 is 1. The Labute approximate surface area is 266 Å². The molecule has 2 heterocycles. The highest BCUT2D eigenvalue weighted by Gasteiger charge is 2.29. The van der Waals surface area contributed by atoms with Crippen molar-refractivity contribution in [3.05, 3.63) is 113 Å². The van der Waals surface area contributed by atoms with Gasteiger partial charge in [0.25, 0.3) is 5.91 Å². The lowest BCUT2D eigenvalue weighted by molar-refractivity contribution is -0.140. The van der Waals surface area contributed by atoms with Crippen molar-refractivity contribution < 1.29 is 36.9 Å². The van der Waals surface area contributed by atoms with Crippen molar-refractivity contribution in [2.75, 3.05) is 31.4 Å². The molecule has 47 heavy (non-hydrogen) atoms. The van der Waals surface area contributed by atoms with E-state index in [1.165, 1.54) is 19.3 Å². The summed E-state index contributed by atoms with van der Waals surface area (Å²) >= 11 is 0. The number of amides is 1. The Balaban J connectivity index is 1.39. The predicted molar refractivity (Wildman–Crippen MR) is 169 cm³/mol. The molecule has 0 saturated heterocycles. The predicted octanol–water partition coefficient (Wildman–Crippen LogP) is 6.25. The van der Waals surface area contributed by atoms with Crippen LogP contribution in [0.2, 0.25) is 0 Å². The number of carbonyl (C=O) groups excluding carboxylic acids is 1. The molecule has 4 aromatic rings. The number of alkyl halides is 3. The topological polar surface area (TPSA) is 129 Å². The summed E-state index contributed by atoms with van der Waals surface area (Å²) in [5, 5.41) is 11.6. The molecule has 0 fully saturated rings. The van der Waals surface area contributed by atoms with Crippen LogP contribution >= 0.6 is 0 Å². The minimum absolute atomic E-state index is 0.0509. The van der Waals surface area contributed by atoms with Gasteiger partial charge in [-0.1, -0.05) is 24.3 Å². The van der Waals surface area contributed by atoms with Crippen LogP contribution in [0.3, 0.4) is 0 Å². The number of benzene rings is 2. The highest BCUT2D eigenvalue weighted by Crippen LogP contribution is 2.35. The number of nitrogen functional groups attached to an aromatic ring is 1. The second-order valence-electron chi connectivity index (χ2n) is 10.7. The van der Waals surface area contributed by atoms with Crippen LogP contribution in [-0.2, 0) is 6.54 Å². The molecule has 1 aliphatic carbocycles. The summed E-state index contributed by atoms with van der Waals surface area (Å²) < 4.78 is 64.9. The zero-order chi connectivity index (χ0) is 33.7. The molecule has 0 radical (unpaired) electrons. The number of hydrogen-bond donors (Lipinski definition) is 3. The molecule has 0 spiro atoms. The molecule has 2 aromatic heterocycles. The average molecular weight is 651 g/mol. The van der Waals surface area contributed by atoms with Crippen LogP contribution in [0.15, 0.2) is 96.0 Å². The monoisotopic (exact) mass is 650 g/mol. The summed E-state index contributed by atoms with van der Waals surface area (Å²) in [6.45, 7) is -1.45. The average Bonchev–Trinajstić information content (AvgIpc) is 3.05. The first-order valence-electron chi connectivity index (χ1n) is 14.4. The number of anilines is 2. The quantitative estimate of drug-likeness (QED) is 0.173. The van der Waals surface area contributed by atoms with E-state index in [1.807, 2.05) is 12.1 Å².